The van der Waals surface area contributed by atoms with Gasteiger partial charge in [0, 0.05) is 0 Å². The second kappa shape index (κ2) is 8.52. The summed E-state index contributed by atoms with van der Waals surface area (Å²) in [5.74, 6) is 0.463. The van der Waals surface area contributed by atoms with Crippen LogP contribution in [0, 0.1) is 5.92 Å². The van der Waals surface area contributed by atoms with E-state index in [1.54, 1.807) is 0 Å². The lowest BCUT2D eigenvalue weighted by Crippen LogP contribution is -2.07. The van der Waals surface area contributed by atoms with Gasteiger partial charge in [0.2, 0.25) is 0 Å². The van der Waals surface area contributed by atoms with Crippen LogP contribution >= 0.6 is 0 Å². The molecule has 1 nitrogen and oxygen atoms in total. The van der Waals surface area contributed by atoms with Crippen LogP contribution in [0.15, 0.2) is 36.4 Å². The number of hydrogen-bond acceptors (Lipinski definition) is 1. The lowest BCUT2D eigenvalue weighted by Gasteiger charge is -1.99. The van der Waals surface area contributed by atoms with E-state index >= 15 is 0 Å². The molecule has 0 aliphatic rings. The maximum atomic E-state index is 5.48. The summed E-state index contributed by atoms with van der Waals surface area (Å²) >= 11 is 0. The Labute approximate surface area is 87.6 Å². The van der Waals surface area contributed by atoms with E-state index in [-0.39, 0.29) is 0 Å². The molecule has 0 bridgehead atoms. The van der Waals surface area contributed by atoms with Gasteiger partial charge in [0.1, 0.15) is 0 Å². The van der Waals surface area contributed by atoms with Gasteiger partial charge in [-0.1, -0.05) is 63.3 Å². The molecule has 0 radical (unpaired) electrons. The molecule has 0 saturated carbocycles. The summed E-state index contributed by atoms with van der Waals surface area (Å²) in [5, 5.41) is 0. The Morgan fingerprint density at radius 1 is 1.21 bits per heavy atom. The van der Waals surface area contributed by atoms with Gasteiger partial charge in [-0.15, -0.1) is 0 Å². The Morgan fingerprint density at radius 3 is 2.29 bits per heavy atom. The molecule has 0 aliphatic heterocycles. The summed E-state index contributed by atoms with van der Waals surface area (Å²) in [6, 6.07) is 10.3. The SMILES string of the molecule is CC.CC(/C=C/c1ccccc1)CN. The second-order valence-electron chi connectivity index (χ2n) is 2.98. The Balaban J connectivity index is 0.000000791. The monoisotopic (exact) mass is 191 g/mol. The third-order valence-electron chi connectivity index (χ3n) is 1.79. The molecule has 0 aliphatic carbocycles. The topological polar surface area (TPSA) is 26.0 Å². The van der Waals surface area contributed by atoms with Gasteiger partial charge in [-0.25, -0.2) is 0 Å². The predicted molar refractivity (Wildman–Crippen MR) is 65.0 cm³/mol. The van der Waals surface area contributed by atoms with Crippen LogP contribution < -0.4 is 5.73 Å². The first kappa shape index (κ1) is 12.9. The molecule has 0 aromatic heterocycles. The molecule has 1 unspecified atom stereocenters. The average Bonchev–Trinajstić information content (AvgIpc) is 2.30. The van der Waals surface area contributed by atoms with E-state index in [0.717, 1.165) is 0 Å². The molecular formula is C13H21N. The minimum Gasteiger partial charge on any atom is -0.330 e. The minimum atomic E-state index is 0.463. The molecule has 0 amide bonds. The zero-order valence-corrected chi connectivity index (χ0v) is 9.40. The second-order valence-corrected chi connectivity index (χ2v) is 2.98. The van der Waals surface area contributed by atoms with Crippen molar-refractivity contribution in [1.82, 2.24) is 0 Å². The van der Waals surface area contributed by atoms with E-state index in [1.165, 1.54) is 5.56 Å². The van der Waals surface area contributed by atoms with Crippen LogP contribution in [-0.2, 0) is 0 Å². The Hall–Kier alpha value is -1.08. The highest BCUT2D eigenvalue weighted by atomic mass is 14.5. The lowest BCUT2D eigenvalue weighted by atomic mass is 10.1. The van der Waals surface area contributed by atoms with Crippen LogP contribution in [-0.4, -0.2) is 6.54 Å². The van der Waals surface area contributed by atoms with Crippen molar-refractivity contribution in [2.24, 2.45) is 11.7 Å². The molecule has 1 aromatic carbocycles. The molecule has 0 saturated heterocycles. The van der Waals surface area contributed by atoms with E-state index in [1.807, 2.05) is 32.0 Å². The van der Waals surface area contributed by atoms with Gasteiger partial charge in [-0.3, -0.25) is 0 Å². The van der Waals surface area contributed by atoms with Crippen molar-refractivity contribution in [3.8, 4) is 0 Å². The highest BCUT2D eigenvalue weighted by molar-refractivity contribution is 5.48. The zero-order valence-electron chi connectivity index (χ0n) is 9.40. The minimum absolute atomic E-state index is 0.463. The largest absolute Gasteiger partial charge is 0.330 e. The van der Waals surface area contributed by atoms with Crippen LogP contribution in [0.25, 0.3) is 6.08 Å². The fraction of sp³-hybridized carbons (Fsp3) is 0.385. The normalized spacial score (nSPS) is 12.0. The van der Waals surface area contributed by atoms with Crippen LogP contribution in [0.3, 0.4) is 0 Å². The first-order valence-electron chi connectivity index (χ1n) is 5.26. The van der Waals surface area contributed by atoms with E-state index in [2.05, 4.69) is 31.2 Å². The lowest BCUT2D eigenvalue weighted by molar-refractivity contribution is 0.743. The zero-order chi connectivity index (χ0) is 10.8. The Morgan fingerprint density at radius 2 is 1.79 bits per heavy atom. The molecule has 78 valence electrons. The molecule has 1 aromatic rings. The summed E-state index contributed by atoms with van der Waals surface area (Å²) in [6.07, 6.45) is 4.24. The van der Waals surface area contributed by atoms with Crippen molar-refractivity contribution in [2.75, 3.05) is 6.54 Å². The van der Waals surface area contributed by atoms with Crippen molar-refractivity contribution in [3.05, 3.63) is 42.0 Å². The van der Waals surface area contributed by atoms with Gasteiger partial charge in [-0.2, -0.15) is 0 Å². The number of nitrogens with two attached hydrogens (primary N) is 1. The molecule has 1 atom stereocenters. The molecule has 1 heteroatoms. The summed E-state index contributed by atoms with van der Waals surface area (Å²) in [6.45, 7) is 6.82. The molecule has 0 spiro atoms. The summed E-state index contributed by atoms with van der Waals surface area (Å²) in [4.78, 5) is 0. The summed E-state index contributed by atoms with van der Waals surface area (Å²) in [5.41, 5.74) is 6.72. The third-order valence-corrected chi connectivity index (χ3v) is 1.79. The fourth-order valence-electron chi connectivity index (χ4n) is 0.918. The highest BCUT2D eigenvalue weighted by Gasteiger charge is 1.90. The molecule has 0 heterocycles. The number of hydrogen-bond donors (Lipinski definition) is 1. The van der Waals surface area contributed by atoms with Crippen molar-refractivity contribution < 1.29 is 0 Å². The number of rotatable bonds is 3. The van der Waals surface area contributed by atoms with E-state index < -0.39 is 0 Å². The van der Waals surface area contributed by atoms with E-state index in [9.17, 15) is 0 Å². The third kappa shape index (κ3) is 5.55. The first-order chi connectivity index (χ1) is 6.83. The average molecular weight is 191 g/mol. The summed E-state index contributed by atoms with van der Waals surface area (Å²) in [7, 11) is 0. The van der Waals surface area contributed by atoms with Gasteiger partial charge in [-0.05, 0) is 18.0 Å². The number of benzene rings is 1. The van der Waals surface area contributed by atoms with Crippen LogP contribution in [0.5, 0.6) is 0 Å². The predicted octanol–water partition coefficient (Wildman–Crippen LogP) is 3.32. The van der Waals surface area contributed by atoms with Gasteiger partial charge >= 0.3 is 0 Å². The fourth-order valence-corrected chi connectivity index (χ4v) is 0.918. The molecule has 2 N–H and O–H groups in total. The highest BCUT2D eigenvalue weighted by Crippen LogP contribution is 2.03. The van der Waals surface area contributed by atoms with Crippen molar-refractivity contribution in [1.29, 1.82) is 0 Å². The molecule has 14 heavy (non-hydrogen) atoms. The Kier molecular flexibility index (Phi) is 7.86. The van der Waals surface area contributed by atoms with Crippen LogP contribution in [0.1, 0.15) is 26.3 Å². The van der Waals surface area contributed by atoms with Crippen molar-refractivity contribution in [2.45, 2.75) is 20.8 Å². The smallest absolute Gasteiger partial charge is 0.00167 e. The Bertz CT molecular complexity index is 239. The standard InChI is InChI=1S/C11H15N.C2H6/c1-10(9-12)7-8-11-5-3-2-4-6-11;1-2/h2-8,10H,9,12H2,1H3;1-2H3/b8-7+;. The first-order valence-corrected chi connectivity index (χ1v) is 5.26. The van der Waals surface area contributed by atoms with Crippen LogP contribution in [0.2, 0.25) is 0 Å². The van der Waals surface area contributed by atoms with Crippen molar-refractivity contribution >= 4 is 6.08 Å². The quantitative estimate of drug-likeness (QED) is 0.779. The van der Waals surface area contributed by atoms with Gasteiger partial charge in [0.05, 0.1) is 0 Å². The van der Waals surface area contributed by atoms with E-state index in [4.69, 9.17) is 5.73 Å². The van der Waals surface area contributed by atoms with E-state index in [0.29, 0.717) is 12.5 Å². The van der Waals surface area contributed by atoms with Crippen molar-refractivity contribution in [3.63, 3.8) is 0 Å². The van der Waals surface area contributed by atoms with Gasteiger partial charge in [0.15, 0.2) is 0 Å². The maximum absolute atomic E-state index is 5.48. The maximum Gasteiger partial charge on any atom is -0.00167 e. The molecule has 1 rings (SSSR count). The van der Waals surface area contributed by atoms with Crippen LogP contribution in [0.4, 0.5) is 0 Å². The molecule has 0 fully saturated rings. The van der Waals surface area contributed by atoms with Gasteiger partial charge < -0.3 is 5.73 Å². The van der Waals surface area contributed by atoms with Gasteiger partial charge in [0.25, 0.3) is 0 Å². The summed E-state index contributed by atoms with van der Waals surface area (Å²) < 4.78 is 0. The molecular weight excluding hydrogens is 170 g/mol.